The molecule has 5 heteroatoms. The van der Waals surface area contributed by atoms with Gasteiger partial charge in [0.1, 0.15) is 0 Å². The molecule has 0 aliphatic heterocycles. The largest absolute Gasteiger partial charge is 0.399 e. The van der Waals surface area contributed by atoms with Crippen molar-refractivity contribution in [3.05, 3.63) is 65.7 Å². The van der Waals surface area contributed by atoms with Gasteiger partial charge in [-0.15, -0.1) is 0 Å². The van der Waals surface area contributed by atoms with Crippen LogP contribution in [0.4, 0.5) is 5.69 Å². The van der Waals surface area contributed by atoms with E-state index in [9.17, 15) is 9.59 Å². The van der Waals surface area contributed by atoms with Crippen molar-refractivity contribution < 1.29 is 9.59 Å². The number of carbonyl (C=O) groups excluding carboxylic acids is 2. The van der Waals surface area contributed by atoms with Crippen LogP contribution in [0.1, 0.15) is 20.7 Å². The van der Waals surface area contributed by atoms with E-state index in [-0.39, 0.29) is 5.91 Å². The molecule has 0 aliphatic rings. The van der Waals surface area contributed by atoms with Crippen LogP contribution in [-0.2, 0) is 0 Å². The van der Waals surface area contributed by atoms with Gasteiger partial charge >= 0.3 is 0 Å². The van der Waals surface area contributed by atoms with Crippen LogP contribution in [0.25, 0.3) is 0 Å². The fraction of sp³-hybridized carbons (Fsp3) is 0. The number of hydrogen-bond acceptors (Lipinski definition) is 3. The lowest BCUT2D eigenvalue weighted by Gasteiger charge is -2.07. The van der Waals surface area contributed by atoms with Crippen LogP contribution in [0, 0.1) is 0 Å². The van der Waals surface area contributed by atoms with Gasteiger partial charge in [0.25, 0.3) is 11.8 Å². The maximum Gasteiger partial charge on any atom is 0.269 e. The summed E-state index contributed by atoms with van der Waals surface area (Å²) < 4.78 is 0. The maximum absolute atomic E-state index is 11.7. The highest BCUT2D eigenvalue weighted by atomic mass is 16.2. The van der Waals surface area contributed by atoms with Crippen LogP contribution < -0.4 is 16.6 Å². The van der Waals surface area contributed by atoms with Gasteiger partial charge in [0.2, 0.25) is 0 Å². The quantitative estimate of drug-likeness (QED) is 0.559. The highest BCUT2D eigenvalue weighted by Crippen LogP contribution is 2.04. The fourth-order valence-corrected chi connectivity index (χ4v) is 1.48. The molecule has 0 unspecified atom stereocenters. The minimum atomic E-state index is -0.399. The predicted molar refractivity (Wildman–Crippen MR) is 72.2 cm³/mol. The third kappa shape index (κ3) is 3.32. The Kier molecular flexibility index (Phi) is 3.78. The summed E-state index contributed by atoms with van der Waals surface area (Å²) in [5, 5.41) is 0. The van der Waals surface area contributed by atoms with Crippen molar-refractivity contribution in [2.45, 2.75) is 0 Å². The number of amides is 2. The molecule has 0 spiro atoms. The summed E-state index contributed by atoms with van der Waals surface area (Å²) in [6.07, 6.45) is 0. The highest BCUT2D eigenvalue weighted by molar-refractivity contribution is 5.99. The van der Waals surface area contributed by atoms with Gasteiger partial charge in [-0.25, -0.2) is 0 Å². The molecule has 2 amide bonds. The van der Waals surface area contributed by atoms with E-state index >= 15 is 0 Å². The molecule has 19 heavy (non-hydrogen) atoms. The molecule has 0 fully saturated rings. The molecule has 2 rings (SSSR count). The van der Waals surface area contributed by atoms with Crippen molar-refractivity contribution in [2.24, 2.45) is 0 Å². The molecule has 96 valence electrons. The first-order valence-corrected chi connectivity index (χ1v) is 5.68. The van der Waals surface area contributed by atoms with Gasteiger partial charge in [-0.1, -0.05) is 18.2 Å². The normalized spacial score (nSPS) is 9.68. The molecule has 4 N–H and O–H groups in total. The van der Waals surface area contributed by atoms with E-state index in [4.69, 9.17) is 5.73 Å². The minimum Gasteiger partial charge on any atom is -0.399 e. The van der Waals surface area contributed by atoms with Gasteiger partial charge in [-0.3, -0.25) is 20.4 Å². The summed E-state index contributed by atoms with van der Waals surface area (Å²) in [6.45, 7) is 0. The van der Waals surface area contributed by atoms with Gasteiger partial charge in [-0.2, -0.15) is 0 Å². The summed E-state index contributed by atoms with van der Waals surface area (Å²) in [6, 6.07) is 15.0. The Morgan fingerprint density at radius 2 is 1.21 bits per heavy atom. The van der Waals surface area contributed by atoms with Crippen molar-refractivity contribution in [1.29, 1.82) is 0 Å². The van der Waals surface area contributed by atoms with Crippen LogP contribution in [0.3, 0.4) is 0 Å². The number of nitrogen functional groups attached to an aromatic ring is 1. The first-order chi connectivity index (χ1) is 9.16. The Balaban J connectivity index is 1.94. The van der Waals surface area contributed by atoms with Crippen molar-refractivity contribution in [3.63, 3.8) is 0 Å². The highest BCUT2D eigenvalue weighted by Gasteiger charge is 2.08. The molecule has 0 aromatic heterocycles. The van der Waals surface area contributed by atoms with E-state index in [0.29, 0.717) is 16.8 Å². The first kappa shape index (κ1) is 12.6. The number of nitrogens with one attached hydrogen (secondary N) is 2. The zero-order valence-electron chi connectivity index (χ0n) is 10.1. The Bertz CT molecular complexity index is 579. The van der Waals surface area contributed by atoms with Crippen molar-refractivity contribution in [2.75, 3.05) is 5.73 Å². The van der Waals surface area contributed by atoms with Gasteiger partial charge in [0.05, 0.1) is 0 Å². The maximum atomic E-state index is 11.7. The average molecular weight is 255 g/mol. The van der Waals surface area contributed by atoms with Gasteiger partial charge < -0.3 is 5.73 Å². The third-order valence-corrected chi connectivity index (χ3v) is 2.50. The van der Waals surface area contributed by atoms with E-state index in [2.05, 4.69) is 10.9 Å². The van der Waals surface area contributed by atoms with E-state index < -0.39 is 5.91 Å². The molecule has 5 nitrogen and oxygen atoms in total. The van der Waals surface area contributed by atoms with E-state index in [1.165, 1.54) is 0 Å². The molecule has 0 heterocycles. The molecular weight excluding hydrogens is 242 g/mol. The number of hydrogen-bond donors (Lipinski definition) is 3. The number of benzene rings is 2. The molecule has 0 aliphatic carbocycles. The minimum absolute atomic E-state index is 0.371. The molecular formula is C14H13N3O2. The van der Waals surface area contributed by atoms with E-state index in [1.54, 1.807) is 48.5 Å². The topological polar surface area (TPSA) is 84.2 Å². The molecule has 2 aromatic rings. The Morgan fingerprint density at radius 1 is 0.737 bits per heavy atom. The fourth-order valence-electron chi connectivity index (χ4n) is 1.48. The SMILES string of the molecule is Nc1ccc(C(=O)NNC(=O)c2ccccc2)cc1. The smallest absolute Gasteiger partial charge is 0.269 e. The standard InChI is InChI=1S/C14H13N3O2/c15-12-8-6-11(7-9-12)14(19)17-16-13(18)10-4-2-1-3-5-10/h1-9H,15H2,(H,16,18)(H,17,19). The molecule has 0 saturated heterocycles. The second-order valence-electron chi connectivity index (χ2n) is 3.90. The summed E-state index contributed by atoms with van der Waals surface area (Å²) >= 11 is 0. The lowest BCUT2D eigenvalue weighted by molar-refractivity contribution is 0.0846. The predicted octanol–water partition coefficient (Wildman–Crippen LogP) is 1.34. The van der Waals surface area contributed by atoms with Crippen LogP contribution in [0.5, 0.6) is 0 Å². The Labute approximate surface area is 110 Å². The lowest BCUT2D eigenvalue weighted by atomic mass is 10.2. The lowest BCUT2D eigenvalue weighted by Crippen LogP contribution is -2.41. The van der Waals surface area contributed by atoms with Crippen molar-refractivity contribution >= 4 is 17.5 Å². The van der Waals surface area contributed by atoms with Crippen molar-refractivity contribution in [3.8, 4) is 0 Å². The van der Waals surface area contributed by atoms with Crippen LogP contribution >= 0.6 is 0 Å². The Hall–Kier alpha value is -2.82. The van der Waals surface area contributed by atoms with E-state index in [0.717, 1.165) is 0 Å². The van der Waals surface area contributed by atoms with Crippen molar-refractivity contribution in [1.82, 2.24) is 10.9 Å². The zero-order chi connectivity index (χ0) is 13.7. The number of nitrogens with two attached hydrogens (primary N) is 1. The zero-order valence-corrected chi connectivity index (χ0v) is 10.1. The van der Waals surface area contributed by atoms with Gasteiger partial charge in [0.15, 0.2) is 0 Å². The molecule has 2 aromatic carbocycles. The first-order valence-electron chi connectivity index (χ1n) is 5.68. The summed E-state index contributed by atoms with van der Waals surface area (Å²) in [4.78, 5) is 23.4. The summed E-state index contributed by atoms with van der Waals surface area (Å²) in [7, 11) is 0. The van der Waals surface area contributed by atoms with Crippen LogP contribution in [0.2, 0.25) is 0 Å². The summed E-state index contributed by atoms with van der Waals surface area (Å²) in [5.41, 5.74) is 11.7. The molecule has 0 atom stereocenters. The monoisotopic (exact) mass is 255 g/mol. The number of rotatable bonds is 2. The van der Waals surface area contributed by atoms with Gasteiger partial charge in [0, 0.05) is 16.8 Å². The molecule has 0 radical (unpaired) electrons. The van der Waals surface area contributed by atoms with Crippen LogP contribution in [-0.4, -0.2) is 11.8 Å². The number of hydrazine groups is 1. The average Bonchev–Trinajstić information content (AvgIpc) is 2.46. The third-order valence-electron chi connectivity index (χ3n) is 2.50. The van der Waals surface area contributed by atoms with Gasteiger partial charge in [-0.05, 0) is 36.4 Å². The molecule has 0 saturated carbocycles. The van der Waals surface area contributed by atoms with E-state index in [1.807, 2.05) is 6.07 Å². The Morgan fingerprint density at radius 3 is 1.74 bits per heavy atom. The second-order valence-corrected chi connectivity index (χ2v) is 3.90. The summed E-state index contributed by atoms with van der Waals surface area (Å²) in [5.74, 6) is -0.770. The number of anilines is 1. The second kappa shape index (κ2) is 5.68. The molecule has 0 bridgehead atoms. The van der Waals surface area contributed by atoms with Crippen LogP contribution in [0.15, 0.2) is 54.6 Å². The number of carbonyl (C=O) groups is 2.